The Bertz CT molecular complexity index is 1820. The lowest BCUT2D eigenvalue weighted by atomic mass is 9.86. The average Bonchev–Trinajstić information content (AvgIpc) is 3.73. The van der Waals surface area contributed by atoms with Crippen molar-refractivity contribution in [2.75, 3.05) is 13.2 Å². The van der Waals surface area contributed by atoms with Crippen LogP contribution in [0, 0.1) is 28.6 Å². The number of hydrogen-bond acceptors (Lipinski definition) is 10. The fourth-order valence-electron chi connectivity index (χ4n) is 6.17. The van der Waals surface area contributed by atoms with Crippen molar-refractivity contribution in [2.45, 2.75) is 86.5 Å². The topological polar surface area (TPSA) is 171 Å². The third kappa shape index (κ3) is 7.84. The third-order valence-corrected chi connectivity index (χ3v) is 10.5. The zero-order chi connectivity index (χ0) is 34.3. The van der Waals surface area contributed by atoms with Crippen molar-refractivity contribution in [1.29, 1.82) is 0 Å². The van der Waals surface area contributed by atoms with Crippen LogP contribution in [-0.4, -0.2) is 61.3 Å². The van der Waals surface area contributed by atoms with E-state index in [0.29, 0.717) is 25.7 Å². The summed E-state index contributed by atoms with van der Waals surface area (Å²) in [4.78, 5) is 24.4. The second-order valence-corrected chi connectivity index (χ2v) is 13.9. The van der Waals surface area contributed by atoms with Gasteiger partial charge < -0.3 is 24.4 Å². The molecule has 2 heterocycles. The van der Waals surface area contributed by atoms with Crippen LogP contribution in [0.3, 0.4) is 0 Å². The summed E-state index contributed by atoms with van der Waals surface area (Å²) >= 11 is 0. The normalized spacial score (nSPS) is 21.1. The number of rotatable bonds is 15. The number of hydrogen-bond donors (Lipinski definition) is 3. The van der Waals surface area contributed by atoms with Gasteiger partial charge in [0.05, 0.1) is 30.3 Å². The highest BCUT2D eigenvalue weighted by atomic mass is 32.2. The summed E-state index contributed by atoms with van der Waals surface area (Å²) in [6.45, 7) is 3.73. The Labute approximate surface area is 279 Å². The van der Waals surface area contributed by atoms with Gasteiger partial charge in [-0.25, -0.2) is 8.42 Å². The first kappa shape index (κ1) is 34.9. The van der Waals surface area contributed by atoms with E-state index in [9.17, 15) is 28.3 Å². The number of nitrogens with zero attached hydrogens (tertiary/aromatic N) is 1. The molecule has 2 aromatic carbocycles. The Morgan fingerprint density at radius 1 is 1.17 bits per heavy atom. The van der Waals surface area contributed by atoms with Crippen molar-refractivity contribution in [1.82, 2.24) is 5.16 Å². The van der Waals surface area contributed by atoms with E-state index in [1.165, 1.54) is 24.3 Å². The molecule has 1 aliphatic heterocycles. The molecule has 256 valence electrons. The average molecular weight is 682 g/mol. The number of aromatic nitrogens is 2. The Kier molecular flexibility index (Phi) is 11.4. The molecule has 13 heteroatoms. The van der Waals surface area contributed by atoms with E-state index in [0.717, 1.165) is 16.9 Å². The van der Waals surface area contributed by atoms with Gasteiger partial charge in [-0.2, -0.15) is 0 Å². The number of benzene rings is 2. The maximum Gasteiger partial charge on any atom is 0.404 e. The van der Waals surface area contributed by atoms with Gasteiger partial charge in [0.25, 0.3) is 9.84 Å². The molecule has 0 saturated heterocycles. The fraction of sp³-hybridized carbons (Fsp3) is 0.457. The Morgan fingerprint density at radius 3 is 2.73 bits per heavy atom. The number of H-pyrrole nitrogens is 1. The van der Waals surface area contributed by atoms with Crippen molar-refractivity contribution in [3.8, 4) is 23.5 Å². The quantitative estimate of drug-likeness (QED) is 0.0926. The number of aliphatic hydroxyl groups excluding tert-OH is 2. The minimum Gasteiger partial charge on any atom is -0.489 e. The monoisotopic (exact) mass is 681 g/mol. The summed E-state index contributed by atoms with van der Waals surface area (Å²) in [5.41, 5.74) is 2.02. The molecule has 3 aromatic rings. The van der Waals surface area contributed by atoms with Crippen LogP contribution in [0.1, 0.15) is 63.0 Å². The zero-order valence-electron chi connectivity index (χ0n) is 26.9. The van der Waals surface area contributed by atoms with Crippen molar-refractivity contribution >= 4 is 15.8 Å². The lowest BCUT2D eigenvalue weighted by molar-refractivity contribution is -0.744. The van der Waals surface area contributed by atoms with Crippen LogP contribution in [0.4, 0.5) is 0 Å². The molecule has 48 heavy (non-hydrogen) atoms. The van der Waals surface area contributed by atoms with Gasteiger partial charge in [0.2, 0.25) is 4.60 Å². The molecular formula is C35H41N2O10S+. The number of nitrogens with one attached hydrogen (secondary N) is 1. The van der Waals surface area contributed by atoms with Crippen LogP contribution >= 0.6 is 0 Å². The number of para-hydroxylation sites is 1. The maximum atomic E-state index is 12.9. The number of aryl methyl sites for hydroxylation is 1. The Hall–Kier alpha value is -4.38. The van der Waals surface area contributed by atoms with E-state index in [4.69, 9.17) is 14.2 Å². The van der Waals surface area contributed by atoms with Crippen LogP contribution in [0.25, 0.3) is 0 Å². The molecule has 3 N–H and O–H groups in total. The number of aliphatic hydroxyl groups is 2. The van der Waals surface area contributed by atoms with Crippen LogP contribution in [0.5, 0.6) is 11.6 Å². The van der Waals surface area contributed by atoms with E-state index in [-0.39, 0.29) is 71.3 Å². The predicted molar refractivity (Wildman–Crippen MR) is 172 cm³/mol. The number of ether oxygens (including phenoxy) is 3. The van der Waals surface area contributed by atoms with Crippen molar-refractivity contribution in [3.63, 3.8) is 0 Å². The molecule has 1 fully saturated rings. The molecule has 1 aliphatic carbocycles. The second-order valence-electron chi connectivity index (χ2n) is 12.1. The van der Waals surface area contributed by atoms with E-state index in [2.05, 4.69) is 21.6 Å². The van der Waals surface area contributed by atoms with Crippen LogP contribution < -0.4 is 14.1 Å². The van der Waals surface area contributed by atoms with Gasteiger partial charge in [-0.15, -0.1) is 11.8 Å². The molecule has 1 saturated carbocycles. The maximum absolute atomic E-state index is 12.9. The summed E-state index contributed by atoms with van der Waals surface area (Å²) in [5, 5.41) is 22.8. The van der Waals surface area contributed by atoms with Crippen LogP contribution in [0.2, 0.25) is 0 Å². The van der Waals surface area contributed by atoms with Crippen LogP contribution in [0.15, 0.2) is 75.2 Å². The molecule has 6 atom stereocenters. The highest BCUT2D eigenvalue weighted by Gasteiger charge is 2.49. The van der Waals surface area contributed by atoms with Gasteiger partial charge in [-0.3, -0.25) is 4.79 Å². The number of esters is 1. The summed E-state index contributed by atoms with van der Waals surface area (Å²) in [6, 6.07) is 13.4. The smallest absolute Gasteiger partial charge is 0.404 e. The minimum atomic E-state index is -4.19. The molecular weight excluding hydrogens is 640 g/mol. The number of sulfone groups is 1. The highest BCUT2D eigenvalue weighted by molar-refractivity contribution is 7.91. The van der Waals surface area contributed by atoms with Gasteiger partial charge in [-0.1, -0.05) is 60.1 Å². The first-order valence-electron chi connectivity index (χ1n) is 16.1. The van der Waals surface area contributed by atoms with E-state index >= 15 is 0 Å². The SMILES string of the molecule is CC#CCC(C)C(O)/C=C/C1C2c3cccc(CCCC(=O)OCCCOc4[nH]o[n+](=O)c4S(=O)(=O)c4ccccc4)c3OC2C[C@@H]1O. The zero-order valence-corrected chi connectivity index (χ0v) is 27.7. The minimum absolute atomic E-state index is 0.0191. The number of aromatic amines is 1. The van der Waals surface area contributed by atoms with E-state index in [1.54, 1.807) is 19.1 Å². The molecule has 0 spiro atoms. The van der Waals surface area contributed by atoms with Crippen molar-refractivity contribution < 1.29 is 46.9 Å². The van der Waals surface area contributed by atoms with Crippen LogP contribution in [-0.2, 0) is 25.8 Å². The molecule has 12 nitrogen and oxygen atoms in total. The summed E-state index contributed by atoms with van der Waals surface area (Å²) in [7, 11) is -4.19. The molecule has 0 amide bonds. The molecule has 0 radical (unpaired) electrons. The number of carbonyl (C=O) groups excluding carboxylic acids is 1. The van der Waals surface area contributed by atoms with Gasteiger partial charge >= 0.3 is 16.9 Å². The molecule has 2 aliphatic rings. The standard InChI is InChI=1S/C35H41N2O10S/c1-3-4-11-23(2)28(38)19-18-26-29(39)22-30-32(26)27-16-8-12-24(33(27)46-30)13-9-17-31(40)44-20-10-21-45-34-35(37(41)47-36-34)48(42,43)25-14-6-5-7-15-25/h5-8,12,14-16,18-19,23,26,28-30,32,36,38-39H,9-11,13,17,20-22H2,1-2H3/q+1/b19-18+/t23?,26?,28?,29-,30?,32?/m0/s1. The summed E-state index contributed by atoms with van der Waals surface area (Å²) < 4.78 is 47.3. The van der Waals surface area contributed by atoms with E-state index < -0.39 is 27.1 Å². The Morgan fingerprint density at radius 2 is 1.96 bits per heavy atom. The molecule has 5 rings (SSSR count). The third-order valence-electron chi connectivity index (χ3n) is 8.72. The fourth-order valence-corrected chi connectivity index (χ4v) is 7.49. The predicted octanol–water partition coefficient (Wildman–Crippen LogP) is 3.88. The van der Waals surface area contributed by atoms with Crippen molar-refractivity contribution in [3.05, 3.63) is 76.7 Å². The molecule has 1 aromatic heterocycles. The lowest BCUT2D eigenvalue weighted by Gasteiger charge is -2.19. The first-order chi connectivity index (χ1) is 23.1. The van der Waals surface area contributed by atoms with E-state index in [1.807, 2.05) is 31.2 Å². The first-order valence-corrected chi connectivity index (χ1v) is 17.6. The lowest BCUT2D eigenvalue weighted by Crippen LogP contribution is -2.21. The van der Waals surface area contributed by atoms with Gasteiger partial charge in [-0.05, 0) is 53.4 Å². The molecule has 5 unspecified atom stereocenters. The number of fused-ring (bicyclic) bond motifs is 3. The van der Waals surface area contributed by atoms with Gasteiger partial charge in [0.15, 0.2) is 0 Å². The highest BCUT2D eigenvalue weighted by Crippen LogP contribution is 2.52. The summed E-state index contributed by atoms with van der Waals surface area (Å²) in [6.07, 6.45) is 4.96. The van der Waals surface area contributed by atoms with Crippen molar-refractivity contribution in [2.24, 2.45) is 11.8 Å². The summed E-state index contributed by atoms with van der Waals surface area (Å²) in [5.74, 6) is 5.71. The van der Waals surface area contributed by atoms with Gasteiger partial charge in [0.1, 0.15) is 11.9 Å². The van der Waals surface area contributed by atoms with Gasteiger partial charge in [0, 0.05) is 43.1 Å². The number of carbonyl (C=O) groups is 1. The second kappa shape index (κ2) is 15.7. The molecule has 0 bridgehead atoms. The largest absolute Gasteiger partial charge is 0.489 e. The Balaban J connectivity index is 1.08.